The van der Waals surface area contributed by atoms with Gasteiger partial charge in [-0.2, -0.15) is 8.78 Å². The van der Waals surface area contributed by atoms with Crippen molar-refractivity contribution < 1.29 is 27.1 Å². The summed E-state index contributed by atoms with van der Waals surface area (Å²) in [7, 11) is 0. The zero-order valence-electron chi connectivity index (χ0n) is 18.7. The number of nitrogens with one attached hydrogen (secondary N) is 1. The van der Waals surface area contributed by atoms with Crippen LogP contribution in [0.1, 0.15) is 21.5 Å². The van der Waals surface area contributed by atoms with Crippen LogP contribution in [0.25, 0.3) is 11.1 Å². The van der Waals surface area contributed by atoms with Crippen molar-refractivity contribution in [1.82, 2.24) is 5.32 Å². The molecule has 0 aromatic heterocycles. The highest BCUT2D eigenvalue weighted by Gasteiger charge is 2.48. The minimum absolute atomic E-state index is 0. The fourth-order valence-electron chi connectivity index (χ4n) is 5.23. The van der Waals surface area contributed by atoms with Gasteiger partial charge in [-0.1, -0.05) is 41.9 Å². The topological polar surface area (TPSA) is 67.6 Å². The van der Waals surface area contributed by atoms with E-state index in [0.717, 1.165) is 17.7 Å². The van der Waals surface area contributed by atoms with Crippen molar-refractivity contribution in [3.05, 3.63) is 81.9 Å². The molecule has 190 valence electrons. The molecule has 5 nitrogen and oxygen atoms in total. The second kappa shape index (κ2) is 9.80. The lowest BCUT2D eigenvalue weighted by Crippen LogP contribution is -2.57. The van der Waals surface area contributed by atoms with E-state index in [1.165, 1.54) is 6.07 Å². The Bertz CT molecular complexity index is 1330. The molecule has 1 atom stereocenters. The highest BCUT2D eigenvalue weighted by atomic mass is 35.5. The number of rotatable bonds is 5. The average Bonchev–Trinajstić information content (AvgIpc) is 3.17. The van der Waals surface area contributed by atoms with Crippen LogP contribution in [-0.2, 0) is 12.0 Å². The molecule has 3 aromatic carbocycles. The summed E-state index contributed by atoms with van der Waals surface area (Å²) in [5.74, 6) is -3.93. The van der Waals surface area contributed by atoms with Crippen molar-refractivity contribution >= 4 is 35.6 Å². The van der Waals surface area contributed by atoms with E-state index in [1.54, 1.807) is 0 Å². The van der Waals surface area contributed by atoms with E-state index in [2.05, 4.69) is 10.1 Å². The number of piperazine rings is 1. The molecular weight excluding hydrogens is 521 g/mol. The molecule has 2 aliphatic heterocycles. The highest BCUT2D eigenvalue weighted by Crippen LogP contribution is 2.52. The molecule has 5 rings (SSSR count). The minimum Gasteiger partial charge on any atom is -0.432 e. The van der Waals surface area contributed by atoms with Crippen LogP contribution in [-0.4, -0.2) is 32.2 Å². The van der Waals surface area contributed by atoms with E-state index in [1.807, 2.05) is 35.2 Å². The molecule has 3 aromatic rings. The number of amides is 1. The number of nitrogens with zero attached hydrogens (tertiary/aromatic N) is 1. The molecular formula is C25H21Cl2F4N3O2. The van der Waals surface area contributed by atoms with E-state index in [4.69, 9.17) is 17.3 Å². The van der Waals surface area contributed by atoms with Crippen molar-refractivity contribution in [2.24, 2.45) is 5.73 Å². The number of nitrogens with two attached hydrogens (primary N) is 1. The smallest absolute Gasteiger partial charge is 0.387 e. The predicted octanol–water partition coefficient (Wildman–Crippen LogP) is 5.27. The Balaban J connectivity index is 0.00000304. The van der Waals surface area contributed by atoms with Gasteiger partial charge in [0.2, 0.25) is 5.91 Å². The van der Waals surface area contributed by atoms with Crippen LogP contribution in [0.2, 0.25) is 5.02 Å². The summed E-state index contributed by atoms with van der Waals surface area (Å²) in [6.45, 7) is -1.63. The summed E-state index contributed by atoms with van der Waals surface area (Å²) >= 11 is 6.39. The summed E-state index contributed by atoms with van der Waals surface area (Å²) in [5.41, 5.74) is 5.90. The number of hydrogen-bond acceptors (Lipinski definition) is 4. The molecule has 2 heterocycles. The van der Waals surface area contributed by atoms with Crippen molar-refractivity contribution in [2.45, 2.75) is 18.6 Å². The number of ether oxygens (including phenoxy) is 1. The SMILES string of the molecule is Cl.NC(=O)c1ccc(OC(F)F)c(F)c1-c1c(Cl)c(F)cc2c1CC1(c3ccccc3)CNCCN21. The number of carbonyl (C=O) groups excluding carboxylic acids is 1. The maximum absolute atomic E-state index is 15.6. The van der Waals surface area contributed by atoms with Crippen molar-refractivity contribution in [1.29, 1.82) is 0 Å². The van der Waals surface area contributed by atoms with Crippen molar-refractivity contribution in [2.75, 3.05) is 24.5 Å². The predicted molar refractivity (Wildman–Crippen MR) is 131 cm³/mol. The molecule has 1 unspecified atom stereocenters. The van der Waals surface area contributed by atoms with E-state index in [-0.39, 0.29) is 23.5 Å². The molecule has 36 heavy (non-hydrogen) atoms. The van der Waals surface area contributed by atoms with Gasteiger partial charge >= 0.3 is 6.61 Å². The molecule has 1 fully saturated rings. The highest BCUT2D eigenvalue weighted by molar-refractivity contribution is 6.34. The first kappa shape index (κ1) is 26.1. The van der Waals surface area contributed by atoms with Gasteiger partial charge in [0.1, 0.15) is 5.82 Å². The third kappa shape index (κ3) is 4.05. The van der Waals surface area contributed by atoms with Gasteiger partial charge in [-0.25, -0.2) is 8.78 Å². The number of carbonyl (C=O) groups is 1. The Morgan fingerprint density at radius 2 is 1.86 bits per heavy atom. The van der Waals surface area contributed by atoms with Gasteiger partial charge < -0.3 is 20.7 Å². The van der Waals surface area contributed by atoms with Crippen LogP contribution in [0.4, 0.5) is 23.2 Å². The van der Waals surface area contributed by atoms with E-state index in [0.29, 0.717) is 37.3 Å². The van der Waals surface area contributed by atoms with Crippen LogP contribution >= 0.6 is 24.0 Å². The summed E-state index contributed by atoms with van der Waals surface area (Å²) in [6, 6.07) is 12.8. The van der Waals surface area contributed by atoms with E-state index in [9.17, 15) is 13.6 Å². The Kier molecular flexibility index (Phi) is 7.10. The second-order valence-electron chi connectivity index (χ2n) is 8.49. The maximum atomic E-state index is 15.6. The van der Waals surface area contributed by atoms with Crippen molar-refractivity contribution in [3.8, 4) is 16.9 Å². The molecule has 3 N–H and O–H groups in total. The van der Waals surface area contributed by atoms with Gasteiger partial charge in [0.15, 0.2) is 11.6 Å². The molecule has 0 radical (unpaired) electrons. The van der Waals surface area contributed by atoms with Crippen LogP contribution in [0.15, 0.2) is 48.5 Å². The van der Waals surface area contributed by atoms with Gasteiger partial charge in [-0.05, 0) is 29.3 Å². The lowest BCUT2D eigenvalue weighted by molar-refractivity contribution is -0.0521. The lowest BCUT2D eigenvalue weighted by Gasteiger charge is -2.45. The summed E-state index contributed by atoms with van der Waals surface area (Å²) < 4.78 is 61.0. The largest absolute Gasteiger partial charge is 0.432 e. The van der Waals surface area contributed by atoms with Crippen molar-refractivity contribution in [3.63, 3.8) is 0 Å². The van der Waals surface area contributed by atoms with Gasteiger partial charge in [-0.15, -0.1) is 12.4 Å². The number of primary amides is 1. The van der Waals surface area contributed by atoms with E-state index < -0.39 is 46.0 Å². The Hall–Kier alpha value is -3.01. The lowest BCUT2D eigenvalue weighted by atomic mass is 9.83. The number of benzene rings is 3. The van der Waals surface area contributed by atoms with Gasteiger partial charge in [0.25, 0.3) is 0 Å². The first-order chi connectivity index (χ1) is 16.7. The number of alkyl halides is 2. The summed E-state index contributed by atoms with van der Waals surface area (Å²) in [4.78, 5) is 14.3. The molecule has 0 spiro atoms. The maximum Gasteiger partial charge on any atom is 0.387 e. The molecule has 1 amide bonds. The Labute approximate surface area is 215 Å². The fourth-order valence-corrected chi connectivity index (χ4v) is 5.49. The van der Waals surface area contributed by atoms with Gasteiger partial charge in [-0.3, -0.25) is 4.79 Å². The van der Waals surface area contributed by atoms with E-state index >= 15 is 8.78 Å². The number of halogens is 6. The van der Waals surface area contributed by atoms with Crippen LogP contribution in [0, 0.1) is 11.6 Å². The molecule has 1 saturated heterocycles. The third-order valence-electron chi connectivity index (χ3n) is 6.66. The zero-order valence-corrected chi connectivity index (χ0v) is 20.2. The van der Waals surface area contributed by atoms with Crippen LogP contribution in [0.3, 0.4) is 0 Å². The Morgan fingerprint density at radius 3 is 2.53 bits per heavy atom. The number of fused-ring (bicyclic) bond motifs is 3. The molecule has 0 bridgehead atoms. The Morgan fingerprint density at radius 1 is 1.14 bits per heavy atom. The zero-order chi connectivity index (χ0) is 24.9. The second-order valence-corrected chi connectivity index (χ2v) is 8.87. The standard InChI is InChI=1S/C25H20ClF4N3O2.ClH/c26-21-16(27)10-17-15(11-25(12-32-8-9-33(17)25)13-4-2-1-3-5-13)19(21)20-14(23(31)34)6-7-18(22(20)28)35-24(29)30;/h1-7,10,24,32H,8-9,11-12H2,(H2,31,34);1H. The quantitative estimate of drug-likeness (QED) is 0.432. The van der Waals surface area contributed by atoms with Gasteiger partial charge in [0.05, 0.1) is 16.1 Å². The minimum atomic E-state index is -3.31. The normalized spacial score (nSPS) is 18.4. The molecule has 11 heteroatoms. The first-order valence-corrected chi connectivity index (χ1v) is 11.2. The molecule has 0 saturated carbocycles. The molecule has 2 aliphatic rings. The van der Waals surface area contributed by atoms with Crippen LogP contribution < -0.4 is 20.7 Å². The summed E-state index contributed by atoms with van der Waals surface area (Å²) in [6.07, 6.45) is 0.298. The monoisotopic (exact) mass is 541 g/mol. The first-order valence-electron chi connectivity index (χ1n) is 10.9. The van der Waals surface area contributed by atoms with Crippen LogP contribution in [0.5, 0.6) is 5.75 Å². The average molecular weight is 542 g/mol. The fraction of sp³-hybridized carbons (Fsp3) is 0.240. The number of hydrogen-bond donors (Lipinski definition) is 2. The third-order valence-corrected chi connectivity index (χ3v) is 7.03. The molecule has 0 aliphatic carbocycles. The van der Waals surface area contributed by atoms with Gasteiger partial charge in [0, 0.05) is 42.9 Å². The number of anilines is 1. The summed E-state index contributed by atoms with van der Waals surface area (Å²) in [5, 5.41) is 2.94.